The topological polar surface area (TPSA) is 64.3 Å². The summed E-state index contributed by atoms with van der Waals surface area (Å²) in [6.45, 7) is 10.4. The van der Waals surface area contributed by atoms with Crippen molar-refractivity contribution in [3.63, 3.8) is 0 Å². The van der Waals surface area contributed by atoms with E-state index in [0.29, 0.717) is 17.9 Å². The maximum atomic E-state index is 12.1. The molecular weight excluding hydrogens is 264 g/mol. The Balaban J connectivity index is 2.93. The Morgan fingerprint density at radius 1 is 1.33 bits per heavy atom. The van der Waals surface area contributed by atoms with Crippen LogP contribution in [0.5, 0.6) is 5.75 Å². The van der Waals surface area contributed by atoms with E-state index >= 15 is 0 Å². The van der Waals surface area contributed by atoms with Gasteiger partial charge in [0.2, 0.25) is 5.91 Å². The number of amides is 1. The van der Waals surface area contributed by atoms with Crippen molar-refractivity contribution in [1.82, 2.24) is 0 Å². The Hall–Kier alpha value is -1.55. The molecule has 0 radical (unpaired) electrons. The zero-order valence-corrected chi connectivity index (χ0v) is 14.0. The molecule has 1 rings (SSSR count). The zero-order valence-electron chi connectivity index (χ0n) is 14.0. The molecular formula is C17H28N2O2. The normalized spacial score (nSPS) is 13.1. The lowest BCUT2D eigenvalue weighted by Crippen LogP contribution is -2.31. The average Bonchev–Trinajstić information content (AvgIpc) is 2.37. The molecule has 1 unspecified atom stereocenters. The smallest absolute Gasteiger partial charge is 0.226 e. The highest BCUT2D eigenvalue weighted by molar-refractivity contribution is 5.92. The van der Waals surface area contributed by atoms with Gasteiger partial charge in [0.05, 0.1) is 12.8 Å². The van der Waals surface area contributed by atoms with E-state index in [2.05, 4.69) is 26.1 Å². The minimum Gasteiger partial charge on any atom is -0.495 e. The van der Waals surface area contributed by atoms with Crippen LogP contribution in [0.4, 0.5) is 5.69 Å². The number of benzene rings is 1. The standard InChI is InChI=1S/C17H28N2O2/c1-11(2)13(18)10-16(20)19-14-9-12(17(3,4)5)7-8-15(14)21-6/h7-9,11,13H,10,18H2,1-6H3,(H,19,20). The van der Waals surface area contributed by atoms with Gasteiger partial charge >= 0.3 is 0 Å². The van der Waals surface area contributed by atoms with Crippen molar-refractivity contribution >= 4 is 11.6 Å². The molecule has 1 aromatic carbocycles. The summed E-state index contributed by atoms with van der Waals surface area (Å²) in [6, 6.07) is 5.74. The lowest BCUT2D eigenvalue weighted by Gasteiger charge is -2.22. The van der Waals surface area contributed by atoms with Gasteiger partial charge in [-0.2, -0.15) is 0 Å². The first kappa shape index (κ1) is 17.5. The summed E-state index contributed by atoms with van der Waals surface area (Å²) in [5.74, 6) is 0.855. The number of ether oxygens (including phenoxy) is 1. The minimum absolute atomic E-state index is 0.0140. The van der Waals surface area contributed by atoms with Crippen LogP contribution in [-0.2, 0) is 10.2 Å². The molecule has 4 nitrogen and oxygen atoms in total. The summed E-state index contributed by atoms with van der Waals surface area (Å²) in [7, 11) is 1.60. The van der Waals surface area contributed by atoms with Crippen molar-refractivity contribution < 1.29 is 9.53 Å². The summed E-state index contributed by atoms with van der Waals surface area (Å²) in [5.41, 5.74) is 7.81. The molecule has 0 aliphatic rings. The van der Waals surface area contributed by atoms with Crippen molar-refractivity contribution in [3.8, 4) is 5.75 Å². The molecule has 0 fully saturated rings. The second-order valence-electron chi connectivity index (χ2n) is 6.83. The Kier molecular flexibility index (Phi) is 5.78. The van der Waals surface area contributed by atoms with Crippen LogP contribution in [0.1, 0.15) is 46.6 Å². The maximum absolute atomic E-state index is 12.1. The Bertz CT molecular complexity index is 490. The molecule has 0 aromatic heterocycles. The summed E-state index contributed by atoms with van der Waals surface area (Å²) in [5, 5.41) is 2.92. The van der Waals surface area contributed by atoms with Crippen LogP contribution in [0.3, 0.4) is 0 Å². The molecule has 0 bridgehead atoms. The van der Waals surface area contributed by atoms with Crippen molar-refractivity contribution in [1.29, 1.82) is 0 Å². The third-order valence-electron chi connectivity index (χ3n) is 3.62. The van der Waals surface area contributed by atoms with E-state index in [1.165, 1.54) is 0 Å². The summed E-state index contributed by atoms with van der Waals surface area (Å²) in [4.78, 5) is 12.1. The zero-order chi connectivity index (χ0) is 16.2. The van der Waals surface area contributed by atoms with Crippen molar-refractivity contribution in [2.45, 2.75) is 52.5 Å². The molecule has 1 amide bonds. The van der Waals surface area contributed by atoms with Gasteiger partial charge in [0, 0.05) is 12.5 Å². The SMILES string of the molecule is COc1ccc(C(C)(C)C)cc1NC(=O)CC(N)C(C)C. The molecule has 1 atom stereocenters. The van der Waals surface area contributed by atoms with Crippen molar-refractivity contribution in [3.05, 3.63) is 23.8 Å². The molecule has 118 valence electrons. The number of hydrogen-bond donors (Lipinski definition) is 2. The van der Waals surface area contributed by atoms with Gasteiger partial charge in [-0.05, 0) is 29.0 Å². The number of carbonyl (C=O) groups excluding carboxylic acids is 1. The van der Waals surface area contributed by atoms with Gasteiger partial charge in [-0.15, -0.1) is 0 Å². The predicted octanol–water partition coefficient (Wildman–Crippen LogP) is 3.30. The van der Waals surface area contributed by atoms with Gasteiger partial charge in [-0.3, -0.25) is 4.79 Å². The fourth-order valence-corrected chi connectivity index (χ4v) is 1.92. The van der Waals surface area contributed by atoms with Crippen LogP contribution in [0.2, 0.25) is 0 Å². The van der Waals surface area contributed by atoms with Crippen LogP contribution in [0.15, 0.2) is 18.2 Å². The maximum Gasteiger partial charge on any atom is 0.226 e. The first-order valence-corrected chi connectivity index (χ1v) is 7.39. The summed E-state index contributed by atoms with van der Waals surface area (Å²) < 4.78 is 5.32. The summed E-state index contributed by atoms with van der Waals surface area (Å²) in [6.07, 6.45) is 0.306. The van der Waals surface area contributed by atoms with Crippen LogP contribution in [0, 0.1) is 5.92 Å². The highest BCUT2D eigenvalue weighted by Gasteiger charge is 2.18. The Labute approximate surface area is 128 Å². The monoisotopic (exact) mass is 292 g/mol. The molecule has 0 aliphatic heterocycles. The molecule has 21 heavy (non-hydrogen) atoms. The molecule has 0 saturated carbocycles. The number of rotatable bonds is 5. The van der Waals surface area contributed by atoms with Crippen LogP contribution in [0.25, 0.3) is 0 Å². The first-order chi connectivity index (χ1) is 9.65. The van der Waals surface area contributed by atoms with Gasteiger partial charge in [0.15, 0.2) is 0 Å². The van der Waals surface area contributed by atoms with E-state index in [-0.39, 0.29) is 23.3 Å². The molecule has 4 heteroatoms. The van der Waals surface area contributed by atoms with Gasteiger partial charge in [0.25, 0.3) is 0 Å². The molecule has 0 saturated heterocycles. The van der Waals surface area contributed by atoms with Gasteiger partial charge in [-0.25, -0.2) is 0 Å². The largest absolute Gasteiger partial charge is 0.495 e. The highest BCUT2D eigenvalue weighted by Crippen LogP contribution is 2.31. The van der Waals surface area contributed by atoms with Crippen molar-refractivity contribution in [2.24, 2.45) is 11.7 Å². The van der Waals surface area contributed by atoms with E-state index in [1.54, 1.807) is 7.11 Å². The third-order valence-corrected chi connectivity index (χ3v) is 3.62. The second-order valence-corrected chi connectivity index (χ2v) is 6.83. The molecule has 0 spiro atoms. The molecule has 1 aromatic rings. The van der Waals surface area contributed by atoms with Gasteiger partial charge < -0.3 is 15.8 Å². The number of hydrogen-bond acceptors (Lipinski definition) is 3. The Morgan fingerprint density at radius 2 is 1.95 bits per heavy atom. The number of nitrogens with one attached hydrogen (secondary N) is 1. The van der Waals surface area contributed by atoms with E-state index in [4.69, 9.17) is 10.5 Å². The lowest BCUT2D eigenvalue weighted by molar-refractivity contribution is -0.116. The third kappa shape index (κ3) is 5.05. The lowest BCUT2D eigenvalue weighted by atomic mass is 9.87. The van der Waals surface area contributed by atoms with Crippen LogP contribution < -0.4 is 15.8 Å². The first-order valence-electron chi connectivity index (χ1n) is 7.39. The number of nitrogens with two attached hydrogens (primary N) is 1. The van der Waals surface area contributed by atoms with Crippen molar-refractivity contribution in [2.75, 3.05) is 12.4 Å². The number of methoxy groups -OCH3 is 1. The van der Waals surface area contributed by atoms with Crippen LogP contribution >= 0.6 is 0 Å². The Morgan fingerprint density at radius 3 is 2.43 bits per heavy atom. The van der Waals surface area contributed by atoms with E-state index in [1.807, 2.05) is 32.0 Å². The average molecular weight is 292 g/mol. The summed E-state index contributed by atoms with van der Waals surface area (Å²) >= 11 is 0. The fraction of sp³-hybridized carbons (Fsp3) is 0.588. The predicted molar refractivity (Wildman–Crippen MR) is 87.8 cm³/mol. The van der Waals surface area contributed by atoms with Gasteiger partial charge in [-0.1, -0.05) is 40.7 Å². The minimum atomic E-state index is -0.137. The highest BCUT2D eigenvalue weighted by atomic mass is 16.5. The molecule has 0 heterocycles. The van der Waals surface area contributed by atoms with E-state index in [9.17, 15) is 4.79 Å². The van der Waals surface area contributed by atoms with E-state index in [0.717, 1.165) is 5.56 Å². The number of carbonyl (C=O) groups is 1. The molecule has 0 aliphatic carbocycles. The van der Waals surface area contributed by atoms with E-state index < -0.39 is 0 Å². The van der Waals surface area contributed by atoms with Gasteiger partial charge in [0.1, 0.15) is 5.75 Å². The number of anilines is 1. The molecule has 3 N–H and O–H groups in total. The quantitative estimate of drug-likeness (QED) is 0.875. The fourth-order valence-electron chi connectivity index (χ4n) is 1.92. The second kappa shape index (κ2) is 6.94. The van der Waals surface area contributed by atoms with Crippen LogP contribution in [-0.4, -0.2) is 19.1 Å².